The monoisotopic (exact) mass is 345 g/mol. The average Bonchev–Trinajstić information content (AvgIpc) is 3.16. The zero-order chi connectivity index (χ0) is 13.8. The number of amides is 2. The van der Waals surface area contributed by atoms with Crippen LogP contribution in [-0.4, -0.2) is 29.4 Å². The molecule has 0 saturated heterocycles. The minimum absolute atomic E-state index is 0.0405. The third-order valence-corrected chi connectivity index (χ3v) is 3.37. The fourth-order valence-corrected chi connectivity index (χ4v) is 2.01. The van der Waals surface area contributed by atoms with Crippen LogP contribution in [0.4, 0.5) is 0 Å². The van der Waals surface area contributed by atoms with Crippen molar-refractivity contribution in [3.05, 3.63) is 27.5 Å². The summed E-state index contributed by atoms with van der Waals surface area (Å²) in [6, 6.07) is 1.93. The smallest absolute Gasteiger partial charge is 0.254 e. The molecule has 2 rings (SSSR count). The van der Waals surface area contributed by atoms with Gasteiger partial charge in [0, 0.05) is 29.7 Å². The predicted octanol–water partition coefficient (Wildman–Crippen LogP) is 1.90. The van der Waals surface area contributed by atoms with Crippen LogP contribution in [0.5, 0.6) is 0 Å². The highest BCUT2D eigenvalue weighted by Crippen LogP contribution is 2.19. The molecular formula is C12H13BrClN3O2. The average molecular weight is 347 g/mol. The molecule has 0 spiro atoms. The highest BCUT2D eigenvalue weighted by molar-refractivity contribution is 9.10. The molecule has 2 amide bonds. The lowest BCUT2D eigenvalue weighted by Crippen LogP contribution is -2.31. The molecule has 1 aliphatic rings. The largest absolute Gasteiger partial charge is 0.353 e. The first-order valence-electron chi connectivity index (χ1n) is 5.95. The summed E-state index contributed by atoms with van der Waals surface area (Å²) in [5.41, 5.74) is 0.290. The van der Waals surface area contributed by atoms with E-state index in [1.807, 2.05) is 0 Å². The van der Waals surface area contributed by atoms with E-state index >= 15 is 0 Å². The molecule has 1 aromatic heterocycles. The van der Waals surface area contributed by atoms with Gasteiger partial charge in [0.2, 0.25) is 5.91 Å². The number of carbonyl (C=O) groups is 2. The van der Waals surface area contributed by atoms with Crippen molar-refractivity contribution in [2.75, 3.05) is 6.54 Å². The van der Waals surface area contributed by atoms with Gasteiger partial charge in [-0.1, -0.05) is 11.6 Å². The zero-order valence-electron chi connectivity index (χ0n) is 10.1. The number of nitrogens with one attached hydrogen (secondary N) is 2. The predicted molar refractivity (Wildman–Crippen MR) is 75.1 cm³/mol. The molecule has 1 fully saturated rings. The van der Waals surface area contributed by atoms with Gasteiger partial charge < -0.3 is 10.6 Å². The Morgan fingerprint density at radius 1 is 1.47 bits per heavy atom. The van der Waals surface area contributed by atoms with Gasteiger partial charge in [0.25, 0.3) is 5.91 Å². The van der Waals surface area contributed by atoms with Gasteiger partial charge in [0.15, 0.2) is 0 Å². The second-order valence-corrected chi connectivity index (χ2v) is 5.61. The van der Waals surface area contributed by atoms with Gasteiger partial charge >= 0.3 is 0 Å². The lowest BCUT2D eigenvalue weighted by molar-refractivity contribution is -0.121. The summed E-state index contributed by atoms with van der Waals surface area (Å²) in [4.78, 5) is 27.1. The van der Waals surface area contributed by atoms with Crippen molar-refractivity contribution in [1.29, 1.82) is 0 Å². The molecular weight excluding hydrogens is 334 g/mol. The van der Waals surface area contributed by atoms with Crippen LogP contribution in [0.3, 0.4) is 0 Å². The summed E-state index contributed by atoms with van der Waals surface area (Å²) in [7, 11) is 0. The van der Waals surface area contributed by atoms with E-state index in [1.54, 1.807) is 6.07 Å². The number of hydrogen-bond donors (Lipinski definition) is 2. The third kappa shape index (κ3) is 4.47. The molecule has 0 aromatic carbocycles. The van der Waals surface area contributed by atoms with Gasteiger partial charge in [-0.15, -0.1) is 0 Å². The van der Waals surface area contributed by atoms with E-state index in [0.717, 1.165) is 12.8 Å². The third-order valence-electron chi connectivity index (χ3n) is 2.63. The quantitative estimate of drug-likeness (QED) is 0.800. The summed E-state index contributed by atoms with van der Waals surface area (Å²) in [5.74, 6) is -0.376. The van der Waals surface area contributed by atoms with E-state index in [1.165, 1.54) is 6.20 Å². The Balaban J connectivity index is 1.80. The van der Waals surface area contributed by atoms with E-state index in [9.17, 15) is 9.59 Å². The molecule has 0 aliphatic heterocycles. The zero-order valence-corrected chi connectivity index (χ0v) is 12.4. The molecule has 2 N–H and O–H groups in total. The molecule has 19 heavy (non-hydrogen) atoms. The fourth-order valence-electron chi connectivity index (χ4n) is 1.49. The Morgan fingerprint density at radius 3 is 2.89 bits per heavy atom. The Kier molecular flexibility index (Phi) is 4.76. The standard InChI is InChI=1S/C12H13BrClN3O2/c13-7-5-9(11(14)16-6-7)12(19)15-4-3-10(18)17-8-1-2-8/h5-6,8H,1-4H2,(H,15,19)(H,17,18). The Morgan fingerprint density at radius 2 is 2.21 bits per heavy atom. The maximum Gasteiger partial charge on any atom is 0.254 e. The SMILES string of the molecule is O=C(CCNC(=O)c1cc(Br)cnc1Cl)NC1CC1. The molecule has 1 saturated carbocycles. The second-order valence-electron chi connectivity index (χ2n) is 4.34. The molecule has 0 radical (unpaired) electrons. The van der Waals surface area contributed by atoms with E-state index in [0.29, 0.717) is 16.1 Å². The summed E-state index contributed by atoms with van der Waals surface area (Å²) in [5, 5.41) is 5.64. The number of aromatic nitrogens is 1. The first-order valence-corrected chi connectivity index (χ1v) is 7.12. The van der Waals surface area contributed by atoms with E-state index in [4.69, 9.17) is 11.6 Å². The summed E-state index contributed by atoms with van der Waals surface area (Å²) < 4.78 is 0.675. The molecule has 5 nitrogen and oxygen atoms in total. The Hall–Kier alpha value is -1.14. The maximum absolute atomic E-state index is 11.8. The second kappa shape index (κ2) is 6.34. The van der Waals surface area contributed by atoms with Gasteiger partial charge in [0.05, 0.1) is 5.56 Å². The first kappa shape index (κ1) is 14.3. The van der Waals surface area contributed by atoms with Crippen LogP contribution in [0.15, 0.2) is 16.7 Å². The van der Waals surface area contributed by atoms with Crippen LogP contribution in [-0.2, 0) is 4.79 Å². The number of halogens is 2. The molecule has 7 heteroatoms. The Labute approximate surface area is 124 Å². The molecule has 0 atom stereocenters. The van der Waals surface area contributed by atoms with E-state index in [2.05, 4.69) is 31.5 Å². The van der Waals surface area contributed by atoms with Crippen LogP contribution in [0.25, 0.3) is 0 Å². The molecule has 102 valence electrons. The van der Waals surface area contributed by atoms with Crippen molar-refractivity contribution >= 4 is 39.3 Å². The highest BCUT2D eigenvalue weighted by atomic mass is 79.9. The van der Waals surface area contributed by atoms with Crippen molar-refractivity contribution < 1.29 is 9.59 Å². The van der Waals surface area contributed by atoms with Crippen molar-refractivity contribution in [2.24, 2.45) is 0 Å². The fraction of sp³-hybridized carbons (Fsp3) is 0.417. The number of hydrogen-bond acceptors (Lipinski definition) is 3. The summed E-state index contributed by atoms with van der Waals surface area (Å²) in [6.07, 6.45) is 3.89. The van der Waals surface area contributed by atoms with Crippen molar-refractivity contribution in [3.63, 3.8) is 0 Å². The first-order chi connectivity index (χ1) is 9.06. The van der Waals surface area contributed by atoms with Crippen LogP contribution in [0, 0.1) is 0 Å². The lowest BCUT2D eigenvalue weighted by Gasteiger charge is -2.07. The minimum Gasteiger partial charge on any atom is -0.353 e. The lowest BCUT2D eigenvalue weighted by atomic mass is 10.2. The van der Waals surface area contributed by atoms with Gasteiger partial charge in [0.1, 0.15) is 5.15 Å². The van der Waals surface area contributed by atoms with Gasteiger partial charge in [-0.3, -0.25) is 9.59 Å². The normalized spacial score (nSPS) is 14.0. The molecule has 1 aliphatic carbocycles. The van der Waals surface area contributed by atoms with E-state index in [-0.39, 0.29) is 29.9 Å². The van der Waals surface area contributed by atoms with E-state index < -0.39 is 0 Å². The highest BCUT2D eigenvalue weighted by Gasteiger charge is 2.22. The topological polar surface area (TPSA) is 71.1 Å². The molecule has 1 heterocycles. The molecule has 1 aromatic rings. The molecule has 0 unspecified atom stereocenters. The van der Waals surface area contributed by atoms with Gasteiger partial charge in [-0.05, 0) is 34.8 Å². The summed E-state index contributed by atoms with van der Waals surface area (Å²) in [6.45, 7) is 0.278. The van der Waals surface area contributed by atoms with Gasteiger partial charge in [-0.2, -0.15) is 0 Å². The summed E-state index contributed by atoms with van der Waals surface area (Å²) >= 11 is 9.06. The number of nitrogens with zero attached hydrogens (tertiary/aromatic N) is 1. The number of carbonyl (C=O) groups excluding carboxylic acids is 2. The van der Waals surface area contributed by atoms with Crippen LogP contribution in [0.1, 0.15) is 29.6 Å². The van der Waals surface area contributed by atoms with Crippen LogP contribution >= 0.6 is 27.5 Å². The minimum atomic E-state index is -0.335. The number of rotatable bonds is 5. The van der Waals surface area contributed by atoms with Crippen molar-refractivity contribution in [1.82, 2.24) is 15.6 Å². The number of pyridine rings is 1. The van der Waals surface area contributed by atoms with Crippen molar-refractivity contribution in [2.45, 2.75) is 25.3 Å². The van der Waals surface area contributed by atoms with Crippen LogP contribution < -0.4 is 10.6 Å². The van der Waals surface area contributed by atoms with Crippen molar-refractivity contribution in [3.8, 4) is 0 Å². The van der Waals surface area contributed by atoms with Gasteiger partial charge in [-0.25, -0.2) is 4.98 Å². The molecule has 0 bridgehead atoms. The maximum atomic E-state index is 11.8. The van der Waals surface area contributed by atoms with Crippen LogP contribution in [0.2, 0.25) is 5.15 Å². The Bertz CT molecular complexity index is 506.